The zero-order valence-corrected chi connectivity index (χ0v) is 19.3. The lowest BCUT2D eigenvalue weighted by atomic mass is 10.1. The van der Waals surface area contributed by atoms with Gasteiger partial charge in [-0.3, -0.25) is 9.69 Å². The number of benzene rings is 2. The van der Waals surface area contributed by atoms with Crippen LogP contribution < -0.4 is 9.64 Å². The number of ether oxygens (including phenoxy) is 2. The zero-order valence-electron chi connectivity index (χ0n) is 17.0. The van der Waals surface area contributed by atoms with Crippen LogP contribution in [0.15, 0.2) is 48.0 Å². The molecular weight excluding hydrogens is 471 g/mol. The molecule has 164 valence electrons. The summed E-state index contributed by atoms with van der Waals surface area (Å²) < 4.78 is 10.7. The number of terminal acetylenes is 1. The molecule has 0 fully saturated rings. The van der Waals surface area contributed by atoms with Gasteiger partial charge in [0, 0.05) is 10.6 Å². The van der Waals surface area contributed by atoms with Gasteiger partial charge in [-0.25, -0.2) is 9.78 Å². The van der Waals surface area contributed by atoms with Crippen LogP contribution in [0.25, 0.3) is 0 Å². The van der Waals surface area contributed by atoms with Gasteiger partial charge in [-0.15, -0.1) is 17.8 Å². The summed E-state index contributed by atoms with van der Waals surface area (Å²) in [5, 5.41) is 0.637. The molecular formula is C23H18Cl2N2O4S. The smallest absolute Gasteiger partial charge is 0.351 e. The van der Waals surface area contributed by atoms with Crippen LogP contribution in [-0.4, -0.2) is 30.5 Å². The Morgan fingerprint density at radius 1 is 1.16 bits per heavy atom. The largest absolute Gasteiger partial charge is 0.487 e. The molecule has 0 aliphatic carbocycles. The van der Waals surface area contributed by atoms with Gasteiger partial charge in [-0.1, -0.05) is 59.5 Å². The standard InChI is InChI=1S/C23H18Cl2N2O4S/c1-3-11-27(22-21(23(29)30-2)32-14-26-22)19(28)12-16-17(24)9-10-18(25)20(16)31-13-15-7-5-4-6-8-15/h1,4-10,14H,11-13H2,2H3. The third-order valence-electron chi connectivity index (χ3n) is 4.43. The number of esters is 1. The monoisotopic (exact) mass is 488 g/mol. The van der Waals surface area contributed by atoms with Gasteiger partial charge >= 0.3 is 5.97 Å². The number of nitrogens with zero attached hydrogens (tertiary/aromatic N) is 2. The van der Waals surface area contributed by atoms with Gasteiger partial charge in [0.25, 0.3) is 0 Å². The van der Waals surface area contributed by atoms with E-state index in [1.807, 2.05) is 30.3 Å². The normalized spacial score (nSPS) is 10.3. The molecule has 0 aliphatic rings. The molecule has 32 heavy (non-hydrogen) atoms. The fourth-order valence-electron chi connectivity index (χ4n) is 2.91. The Labute approximate surface area is 199 Å². The van der Waals surface area contributed by atoms with E-state index < -0.39 is 11.9 Å². The van der Waals surface area contributed by atoms with Crippen molar-refractivity contribution in [3.63, 3.8) is 0 Å². The number of thiazole rings is 1. The molecule has 1 aromatic heterocycles. The molecule has 0 unspecified atom stereocenters. The predicted molar refractivity (Wildman–Crippen MR) is 126 cm³/mol. The molecule has 0 N–H and O–H groups in total. The Hall–Kier alpha value is -3.05. The third kappa shape index (κ3) is 5.40. The van der Waals surface area contributed by atoms with Crippen LogP contribution in [0, 0.1) is 12.3 Å². The summed E-state index contributed by atoms with van der Waals surface area (Å²) in [5.74, 6) is 1.83. The average Bonchev–Trinajstić information content (AvgIpc) is 3.29. The van der Waals surface area contributed by atoms with E-state index in [0.29, 0.717) is 21.4 Å². The lowest BCUT2D eigenvalue weighted by molar-refractivity contribution is -0.117. The summed E-state index contributed by atoms with van der Waals surface area (Å²) in [6.07, 6.45) is 5.30. The van der Waals surface area contributed by atoms with Crippen LogP contribution in [0.3, 0.4) is 0 Å². The average molecular weight is 489 g/mol. The molecule has 0 saturated carbocycles. The zero-order chi connectivity index (χ0) is 23.1. The minimum absolute atomic E-state index is 0.0923. The van der Waals surface area contributed by atoms with Crippen LogP contribution in [0.2, 0.25) is 10.0 Å². The molecule has 0 aliphatic heterocycles. The molecule has 6 nitrogen and oxygen atoms in total. The Bertz CT molecular complexity index is 1160. The molecule has 1 amide bonds. The highest BCUT2D eigenvalue weighted by atomic mass is 35.5. The number of carbonyl (C=O) groups is 2. The number of methoxy groups -OCH3 is 1. The molecule has 0 atom stereocenters. The minimum atomic E-state index is -0.606. The van der Waals surface area contributed by atoms with Gasteiger partial charge in [-0.05, 0) is 17.7 Å². The summed E-state index contributed by atoms with van der Waals surface area (Å²) in [7, 11) is 1.25. The first-order chi connectivity index (χ1) is 15.5. The van der Waals surface area contributed by atoms with E-state index in [4.69, 9.17) is 39.1 Å². The molecule has 9 heteroatoms. The topological polar surface area (TPSA) is 68.7 Å². The molecule has 3 aromatic rings. The number of hydrogen-bond acceptors (Lipinski definition) is 6. The van der Waals surface area contributed by atoms with Gasteiger partial charge in [-0.2, -0.15) is 0 Å². The van der Waals surface area contributed by atoms with Crippen molar-refractivity contribution in [2.45, 2.75) is 13.0 Å². The third-order valence-corrected chi connectivity index (χ3v) is 5.88. The number of anilines is 1. The van der Waals surface area contributed by atoms with E-state index in [9.17, 15) is 9.59 Å². The quantitative estimate of drug-likeness (QED) is 0.328. The summed E-state index contributed by atoms with van der Waals surface area (Å²) >= 11 is 13.8. The van der Waals surface area contributed by atoms with Crippen molar-refractivity contribution in [1.29, 1.82) is 0 Å². The summed E-state index contributed by atoms with van der Waals surface area (Å²) in [5.41, 5.74) is 2.79. The van der Waals surface area contributed by atoms with Crippen molar-refractivity contribution in [3.05, 3.63) is 74.0 Å². The first kappa shape index (κ1) is 23.6. The lowest BCUT2D eigenvalue weighted by Crippen LogP contribution is -2.34. The number of rotatable bonds is 8. The summed E-state index contributed by atoms with van der Waals surface area (Å²) in [6.45, 7) is 0.152. The molecule has 0 saturated heterocycles. The van der Waals surface area contributed by atoms with Crippen molar-refractivity contribution in [2.24, 2.45) is 0 Å². The second kappa shape index (κ2) is 11.0. The highest BCUT2D eigenvalue weighted by Gasteiger charge is 2.27. The predicted octanol–water partition coefficient (Wildman–Crippen LogP) is 5.02. The highest BCUT2D eigenvalue weighted by molar-refractivity contribution is 7.12. The van der Waals surface area contributed by atoms with Crippen molar-refractivity contribution >= 4 is 52.2 Å². The second-order valence-electron chi connectivity index (χ2n) is 6.47. The van der Waals surface area contributed by atoms with E-state index in [0.717, 1.165) is 16.9 Å². The van der Waals surface area contributed by atoms with Crippen molar-refractivity contribution in [3.8, 4) is 18.1 Å². The van der Waals surface area contributed by atoms with Gasteiger partial charge in [0.05, 0.1) is 30.6 Å². The maximum absolute atomic E-state index is 13.2. The minimum Gasteiger partial charge on any atom is -0.487 e. The first-order valence-corrected chi connectivity index (χ1v) is 11.0. The molecule has 0 radical (unpaired) electrons. The number of halogens is 2. The lowest BCUT2D eigenvalue weighted by Gasteiger charge is -2.21. The van der Waals surface area contributed by atoms with Crippen LogP contribution in [0.1, 0.15) is 20.8 Å². The number of hydrogen-bond donors (Lipinski definition) is 0. The van der Waals surface area contributed by atoms with Crippen LogP contribution in [0.5, 0.6) is 5.75 Å². The summed E-state index contributed by atoms with van der Waals surface area (Å²) in [6, 6.07) is 12.7. The van der Waals surface area contributed by atoms with Crippen molar-refractivity contribution in [2.75, 3.05) is 18.6 Å². The number of carbonyl (C=O) groups excluding carboxylic acids is 2. The molecule has 3 rings (SSSR count). The summed E-state index contributed by atoms with van der Waals surface area (Å²) in [4.78, 5) is 30.9. The number of amides is 1. The SMILES string of the molecule is C#CCN(C(=O)Cc1c(Cl)ccc(Cl)c1OCc1ccccc1)c1ncsc1C(=O)OC. The van der Waals surface area contributed by atoms with Gasteiger partial charge in [0.1, 0.15) is 12.4 Å². The van der Waals surface area contributed by atoms with E-state index in [-0.39, 0.29) is 30.3 Å². The van der Waals surface area contributed by atoms with E-state index in [1.165, 1.54) is 17.5 Å². The Morgan fingerprint density at radius 3 is 2.56 bits per heavy atom. The first-order valence-electron chi connectivity index (χ1n) is 9.35. The molecule has 1 heterocycles. The maximum Gasteiger partial charge on any atom is 0.351 e. The Morgan fingerprint density at radius 2 is 1.88 bits per heavy atom. The van der Waals surface area contributed by atoms with E-state index in [1.54, 1.807) is 12.1 Å². The molecule has 2 aromatic carbocycles. The van der Waals surface area contributed by atoms with E-state index >= 15 is 0 Å². The highest BCUT2D eigenvalue weighted by Crippen LogP contribution is 2.36. The van der Waals surface area contributed by atoms with Crippen LogP contribution in [0.4, 0.5) is 5.82 Å². The van der Waals surface area contributed by atoms with Gasteiger partial charge in [0.2, 0.25) is 5.91 Å². The van der Waals surface area contributed by atoms with Gasteiger partial charge in [0.15, 0.2) is 10.7 Å². The van der Waals surface area contributed by atoms with Gasteiger partial charge < -0.3 is 9.47 Å². The van der Waals surface area contributed by atoms with Crippen LogP contribution >= 0.6 is 34.5 Å². The maximum atomic E-state index is 13.2. The molecule has 0 spiro atoms. The van der Waals surface area contributed by atoms with Crippen molar-refractivity contribution < 1.29 is 19.1 Å². The van der Waals surface area contributed by atoms with E-state index in [2.05, 4.69) is 10.9 Å². The van der Waals surface area contributed by atoms with Crippen LogP contribution in [-0.2, 0) is 22.6 Å². The van der Waals surface area contributed by atoms with Crippen molar-refractivity contribution in [1.82, 2.24) is 4.98 Å². The molecule has 0 bridgehead atoms. The Kier molecular flexibility index (Phi) is 8.12. The fraction of sp³-hybridized carbons (Fsp3) is 0.174. The second-order valence-corrected chi connectivity index (χ2v) is 8.14. The Balaban J connectivity index is 1.90. The number of aromatic nitrogens is 1. The fourth-order valence-corrected chi connectivity index (χ4v) is 4.06.